The molecule has 0 aromatic heterocycles. The first kappa shape index (κ1) is 21.4. The predicted molar refractivity (Wildman–Crippen MR) is 100 cm³/mol. The first-order valence-electron chi connectivity index (χ1n) is 9.68. The molecule has 144 valence electrons. The molecule has 1 amide bonds. The molecule has 0 aliphatic carbocycles. The number of nitrogens with one attached hydrogen (secondary N) is 1. The number of rotatable bonds is 12. The van der Waals surface area contributed by atoms with Crippen LogP contribution in [-0.2, 0) is 14.3 Å². The van der Waals surface area contributed by atoms with Crippen molar-refractivity contribution < 1.29 is 15.7 Å². The monoisotopic (exact) mass is 344 g/mol. The SMILES string of the molecule is CC(C)CCOCCCC(=O)NC1CCN(CCOC(C)C)CC1.[HH]. The molecular formula is C19H40N2O3. The number of carbonyl (C=O) groups is 1. The second kappa shape index (κ2) is 12.7. The summed E-state index contributed by atoms with van der Waals surface area (Å²) in [6.07, 6.45) is 4.86. The number of likely N-dealkylation sites (tertiary alicyclic amines) is 1. The van der Waals surface area contributed by atoms with Gasteiger partial charge in [-0.15, -0.1) is 0 Å². The third-order valence-corrected chi connectivity index (χ3v) is 4.34. The molecule has 1 heterocycles. The highest BCUT2D eigenvalue weighted by Gasteiger charge is 2.20. The van der Waals surface area contributed by atoms with E-state index in [0.29, 0.717) is 31.1 Å². The minimum absolute atomic E-state index is 0. The Labute approximate surface area is 149 Å². The van der Waals surface area contributed by atoms with Gasteiger partial charge in [0, 0.05) is 46.7 Å². The van der Waals surface area contributed by atoms with Crippen LogP contribution in [0.3, 0.4) is 0 Å². The first-order valence-corrected chi connectivity index (χ1v) is 9.68. The van der Waals surface area contributed by atoms with Crippen molar-refractivity contribution in [1.29, 1.82) is 0 Å². The van der Waals surface area contributed by atoms with Crippen molar-refractivity contribution in [2.75, 3.05) is 39.5 Å². The highest BCUT2D eigenvalue weighted by atomic mass is 16.5. The topological polar surface area (TPSA) is 50.8 Å². The van der Waals surface area contributed by atoms with Crippen LogP contribution in [0.25, 0.3) is 0 Å². The highest BCUT2D eigenvalue weighted by molar-refractivity contribution is 5.76. The molecule has 0 radical (unpaired) electrons. The van der Waals surface area contributed by atoms with Crippen LogP contribution >= 0.6 is 0 Å². The van der Waals surface area contributed by atoms with E-state index in [9.17, 15) is 4.79 Å². The minimum Gasteiger partial charge on any atom is -0.381 e. The summed E-state index contributed by atoms with van der Waals surface area (Å²) in [4.78, 5) is 14.4. The van der Waals surface area contributed by atoms with E-state index in [1.54, 1.807) is 0 Å². The molecule has 0 aromatic carbocycles. The van der Waals surface area contributed by atoms with Crippen LogP contribution in [0.15, 0.2) is 0 Å². The van der Waals surface area contributed by atoms with E-state index in [-0.39, 0.29) is 7.33 Å². The fraction of sp³-hybridized carbons (Fsp3) is 0.947. The van der Waals surface area contributed by atoms with E-state index < -0.39 is 0 Å². The maximum atomic E-state index is 12.0. The van der Waals surface area contributed by atoms with Crippen molar-refractivity contribution >= 4 is 5.91 Å². The van der Waals surface area contributed by atoms with E-state index >= 15 is 0 Å². The summed E-state index contributed by atoms with van der Waals surface area (Å²) in [6.45, 7) is 13.9. The Morgan fingerprint density at radius 3 is 2.50 bits per heavy atom. The summed E-state index contributed by atoms with van der Waals surface area (Å²) in [5.74, 6) is 0.847. The van der Waals surface area contributed by atoms with Crippen LogP contribution < -0.4 is 5.32 Å². The van der Waals surface area contributed by atoms with Crippen LogP contribution in [-0.4, -0.2) is 62.4 Å². The average molecular weight is 345 g/mol. The number of amides is 1. The molecule has 5 heteroatoms. The van der Waals surface area contributed by atoms with Crippen molar-refractivity contribution in [3.63, 3.8) is 0 Å². The lowest BCUT2D eigenvalue weighted by atomic mass is 10.0. The molecule has 0 bridgehead atoms. The summed E-state index contributed by atoms with van der Waals surface area (Å²) in [6, 6.07) is 0.335. The Kier molecular flexibility index (Phi) is 11.3. The number of nitrogens with zero attached hydrogens (tertiary/aromatic N) is 1. The fourth-order valence-corrected chi connectivity index (χ4v) is 2.77. The molecule has 1 aliphatic heterocycles. The van der Waals surface area contributed by atoms with Gasteiger partial charge in [0.05, 0.1) is 12.7 Å². The van der Waals surface area contributed by atoms with Gasteiger partial charge < -0.3 is 19.7 Å². The average Bonchev–Trinajstić information content (AvgIpc) is 2.52. The molecule has 1 N–H and O–H groups in total. The third-order valence-electron chi connectivity index (χ3n) is 4.34. The van der Waals surface area contributed by atoms with Gasteiger partial charge in [-0.2, -0.15) is 0 Å². The molecule has 0 unspecified atom stereocenters. The second-order valence-corrected chi connectivity index (χ2v) is 7.50. The van der Waals surface area contributed by atoms with Crippen molar-refractivity contribution in [2.24, 2.45) is 5.92 Å². The van der Waals surface area contributed by atoms with E-state index in [2.05, 4.69) is 37.9 Å². The van der Waals surface area contributed by atoms with Gasteiger partial charge in [-0.1, -0.05) is 13.8 Å². The molecule has 5 nitrogen and oxygen atoms in total. The van der Waals surface area contributed by atoms with E-state index in [4.69, 9.17) is 9.47 Å². The van der Waals surface area contributed by atoms with E-state index in [1.807, 2.05) is 0 Å². The third kappa shape index (κ3) is 11.0. The Morgan fingerprint density at radius 2 is 1.88 bits per heavy atom. The minimum atomic E-state index is 0. The Morgan fingerprint density at radius 1 is 1.17 bits per heavy atom. The van der Waals surface area contributed by atoms with E-state index in [1.165, 1.54) is 0 Å². The highest BCUT2D eigenvalue weighted by Crippen LogP contribution is 2.10. The number of piperidine rings is 1. The standard InChI is InChI=1S/C19H38N2O3.H2/c1-16(2)9-14-23-13-5-6-19(22)20-18-7-10-21(11-8-18)12-15-24-17(3)4;/h16-18H,5-15H2,1-4H3,(H,20,22);1H. The van der Waals surface area contributed by atoms with Crippen molar-refractivity contribution in [1.82, 2.24) is 10.2 Å². The van der Waals surface area contributed by atoms with Crippen molar-refractivity contribution in [2.45, 2.75) is 71.9 Å². The lowest BCUT2D eigenvalue weighted by Crippen LogP contribution is -2.45. The molecule has 24 heavy (non-hydrogen) atoms. The summed E-state index contributed by atoms with van der Waals surface area (Å²) in [5.41, 5.74) is 0. The first-order chi connectivity index (χ1) is 11.5. The second-order valence-electron chi connectivity index (χ2n) is 7.50. The van der Waals surface area contributed by atoms with Crippen LogP contribution in [0.5, 0.6) is 0 Å². The molecule has 1 aliphatic rings. The summed E-state index contributed by atoms with van der Waals surface area (Å²) in [7, 11) is 0. The quantitative estimate of drug-likeness (QED) is 0.553. The van der Waals surface area contributed by atoms with Crippen LogP contribution in [0, 0.1) is 5.92 Å². The van der Waals surface area contributed by atoms with Gasteiger partial charge in [-0.25, -0.2) is 0 Å². The maximum Gasteiger partial charge on any atom is 0.220 e. The van der Waals surface area contributed by atoms with Gasteiger partial charge in [0.2, 0.25) is 5.91 Å². The smallest absolute Gasteiger partial charge is 0.220 e. The molecule has 0 spiro atoms. The Balaban J connectivity index is 0.00000576. The van der Waals surface area contributed by atoms with Gasteiger partial charge in [0.1, 0.15) is 0 Å². The summed E-state index contributed by atoms with van der Waals surface area (Å²) < 4.78 is 11.2. The predicted octanol–water partition coefficient (Wildman–Crippen LogP) is 3.08. The molecular weight excluding hydrogens is 304 g/mol. The van der Waals surface area contributed by atoms with Crippen LogP contribution in [0.4, 0.5) is 0 Å². The molecule has 0 aromatic rings. The van der Waals surface area contributed by atoms with Crippen molar-refractivity contribution in [3.05, 3.63) is 0 Å². The normalized spacial score (nSPS) is 16.9. The zero-order valence-electron chi connectivity index (χ0n) is 16.2. The number of hydrogen-bond donors (Lipinski definition) is 1. The Hall–Kier alpha value is -0.650. The molecule has 0 atom stereocenters. The van der Waals surface area contributed by atoms with Gasteiger partial charge in [-0.05, 0) is 45.4 Å². The van der Waals surface area contributed by atoms with Gasteiger partial charge in [0.25, 0.3) is 0 Å². The molecule has 0 saturated carbocycles. The summed E-state index contributed by atoms with van der Waals surface area (Å²) >= 11 is 0. The number of hydrogen-bond acceptors (Lipinski definition) is 4. The molecule has 1 saturated heterocycles. The van der Waals surface area contributed by atoms with Gasteiger partial charge in [0.15, 0.2) is 0 Å². The molecule has 1 fully saturated rings. The van der Waals surface area contributed by atoms with E-state index in [0.717, 1.165) is 58.5 Å². The lowest BCUT2D eigenvalue weighted by Gasteiger charge is -2.32. The largest absolute Gasteiger partial charge is 0.381 e. The van der Waals surface area contributed by atoms with Crippen LogP contribution in [0.2, 0.25) is 0 Å². The van der Waals surface area contributed by atoms with Crippen molar-refractivity contribution in [3.8, 4) is 0 Å². The summed E-state index contributed by atoms with van der Waals surface area (Å²) in [5, 5.41) is 3.17. The zero-order valence-corrected chi connectivity index (χ0v) is 16.2. The lowest BCUT2D eigenvalue weighted by molar-refractivity contribution is -0.122. The van der Waals surface area contributed by atoms with Crippen LogP contribution in [0.1, 0.15) is 61.2 Å². The molecule has 1 rings (SSSR count). The zero-order chi connectivity index (χ0) is 17.8. The Bertz CT molecular complexity index is 333. The maximum absolute atomic E-state index is 12.0. The fourth-order valence-electron chi connectivity index (χ4n) is 2.77. The number of carbonyl (C=O) groups excluding carboxylic acids is 1. The van der Waals surface area contributed by atoms with Gasteiger partial charge >= 0.3 is 0 Å². The number of ether oxygens (including phenoxy) is 2. The van der Waals surface area contributed by atoms with Gasteiger partial charge in [-0.3, -0.25) is 4.79 Å².